The van der Waals surface area contributed by atoms with Crippen molar-refractivity contribution in [2.75, 3.05) is 24.6 Å². The lowest BCUT2D eigenvalue weighted by atomic mass is 9.74. The van der Waals surface area contributed by atoms with E-state index in [-0.39, 0.29) is 40.7 Å². The molecular formula is C25H28BrF2N5O2. The molecule has 0 spiro atoms. The maximum absolute atomic E-state index is 14.7. The van der Waals surface area contributed by atoms with Gasteiger partial charge in [0.1, 0.15) is 23.1 Å². The maximum atomic E-state index is 14.7. The first-order valence-electron chi connectivity index (χ1n) is 11.7. The van der Waals surface area contributed by atoms with E-state index < -0.39 is 17.2 Å². The highest BCUT2D eigenvalue weighted by Crippen LogP contribution is 2.47. The van der Waals surface area contributed by atoms with E-state index in [0.29, 0.717) is 31.5 Å². The van der Waals surface area contributed by atoms with E-state index in [1.54, 1.807) is 17.2 Å². The minimum Gasteiger partial charge on any atom is -0.360 e. The minimum atomic E-state index is -1.16. The molecule has 1 aliphatic heterocycles. The molecule has 2 aromatic rings. The number of hydrogen-bond acceptors (Lipinski definition) is 6. The average Bonchev–Trinajstić information content (AvgIpc) is 2.82. The summed E-state index contributed by atoms with van der Waals surface area (Å²) in [5.74, 6) is -0.776. The summed E-state index contributed by atoms with van der Waals surface area (Å²) in [6.07, 6.45) is 4.16. The zero-order valence-corrected chi connectivity index (χ0v) is 21.6. The fourth-order valence-corrected chi connectivity index (χ4v) is 5.27. The molecule has 2 aliphatic rings. The van der Waals surface area contributed by atoms with Gasteiger partial charge >= 0.3 is 0 Å². The lowest BCUT2D eigenvalue weighted by Gasteiger charge is -2.48. The number of nitrogens with zero attached hydrogens (tertiary/aromatic N) is 5. The zero-order chi connectivity index (χ0) is 25.3. The fraction of sp³-hybridized carbons (Fsp3) is 0.520. The van der Waals surface area contributed by atoms with Crippen LogP contribution in [0.15, 0.2) is 29.1 Å². The highest BCUT2D eigenvalue weighted by Gasteiger charge is 2.46. The van der Waals surface area contributed by atoms with Crippen molar-refractivity contribution in [3.05, 3.63) is 51.9 Å². The van der Waals surface area contributed by atoms with Gasteiger partial charge in [-0.2, -0.15) is 5.26 Å². The summed E-state index contributed by atoms with van der Waals surface area (Å²) in [5.41, 5.74) is -0.830. The SMILES string of the molecule is CC(C)C1CN(C(=O)COC2(c3c(F)cnc(Br)c3F)CCC2)CC(C)N1c1ccc(C#N)cn1. The van der Waals surface area contributed by atoms with Crippen molar-refractivity contribution in [3.8, 4) is 6.07 Å². The van der Waals surface area contributed by atoms with Gasteiger partial charge < -0.3 is 14.5 Å². The second kappa shape index (κ2) is 10.2. The summed E-state index contributed by atoms with van der Waals surface area (Å²) in [4.78, 5) is 25.3. The van der Waals surface area contributed by atoms with Crippen LogP contribution in [0, 0.1) is 28.9 Å². The maximum Gasteiger partial charge on any atom is 0.248 e. The molecule has 10 heteroatoms. The molecule has 1 saturated carbocycles. The van der Waals surface area contributed by atoms with Crippen LogP contribution in [0.2, 0.25) is 0 Å². The Bertz CT molecular complexity index is 1130. The number of aromatic nitrogens is 2. The summed E-state index contributed by atoms with van der Waals surface area (Å²) in [6, 6.07) is 5.64. The summed E-state index contributed by atoms with van der Waals surface area (Å²) < 4.78 is 35.2. The predicted molar refractivity (Wildman–Crippen MR) is 129 cm³/mol. The molecular weight excluding hydrogens is 520 g/mol. The molecule has 0 aromatic carbocycles. The van der Waals surface area contributed by atoms with Gasteiger partial charge in [0.05, 0.1) is 29.0 Å². The number of carbonyl (C=O) groups is 1. The summed E-state index contributed by atoms with van der Waals surface area (Å²) in [5, 5.41) is 9.07. The molecule has 186 valence electrons. The third-order valence-corrected chi connectivity index (χ3v) is 7.56. The zero-order valence-electron chi connectivity index (χ0n) is 20.0. The van der Waals surface area contributed by atoms with Crippen molar-refractivity contribution < 1.29 is 18.3 Å². The van der Waals surface area contributed by atoms with Crippen LogP contribution in [0.25, 0.3) is 0 Å². The van der Waals surface area contributed by atoms with Gasteiger partial charge in [0, 0.05) is 25.3 Å². The van der Waals surface area contributed by atoms with Gasteiger partial charge in [-0.1, -0.05) is 13.8 Å². The summed E-state index contributed by atoms with van der Waals surface area (Å²) >= 11 is 3.02. The lowest BCUT2D eigenvalue weighted by molar-refractivity contribution is -0.156. The smallest absolute Gasteiger partial charge is 0.248 e. The Hall–Kier alpha value is -2.64. The first kappa shape index (κ1) is 25.5. The molecule has 0 N–H and O–H groups in total. The van der Waals surface area contributed by atoms with Crippen molar-refractivity contribution in [1.82, 2.24) is 14.9 Å². The van der Waals surface area contributed by atoms with E-state index in [2.05, 4.69) is 50.7 Å². The summed E-state index contributed by atoms with van der Waals surface area (Å²) in [7, 11) is 0. The number of halogens is 3. The third-order valence-electron chi connectivity index (χ3n) is 7.01. The van der Waals surface area contributed by atoms with Gasteiger partial charge in [-0.3, -0.25) is 4.79 Å². The van der Waals surface area contributed by atoms with Crippen molar-refractivity contribution in [2.45, 2.75) is 57.7 Å². The van der Waals surface area contributed by atoms with E-state index >= 15 is 0 Å². The molecule has 2 aromatic heterocycles. The van der Waals surface area contributed by atoms with Crippen LogP contribution in [0.3, 0.4) is 0 Å². The van der Waals surface area contributed by atoms with Gasteiger partial charge in [0.15, 0.2) is 11.6 Å². The van der Waals surface area contributed by atoms with Crippen LogP contribution in [0.1, 0.15) is 51.2 Å². The van der Waals surface area contributed by atoms with E-state index in [1.165, 1.54) is 0 Å². The predicted octanol–water partition coefficient (Wildman–Crippen LogP) is 4.55. The van der Waals surface area contributed by atoms with E-state index in [4.69, 9.17) is 10.00 Å². The normalized spacial score (nSPS) is 21.5. The van der Waals surface area contributed by atoms with Crippen LogP contribution in [-0.2, 0) is 15.1 Å². The highest BCUT2D eigenvalue weighted by atomic mass is 79.9. The fourth-order valence-electron chi connectivity index (χ4n) is 4.97. The Kier molecular flexibility index (Phi) is 7.38. The second-order valence-electron chi connectivity index (χ2n) is 9.61. The first-order chi connectivity index (χ1) is 16.7. The van der Waals surface area contributed by atoms with Crippen LogP contribution >= 0.6 is 15.9 Å². The van der Waals surface area contributed by atoms with Crippen LogP contribution < -0.4 is 4.90 Å². The number of ether oxygens (including phenoxy) is 1. The van der Waals surface area contributed by atoms with Crippen molar-refractivity contribution in [3.63, 3.8) is 0 Å². The number of nitriles is 1. The summed E-state index contributed by atoms with van der Waals surface area (Å²) in [6.45, 7) is 6.89. The Balaban J connectivity index is 1.49. The van der Waals surface area contributed by atoms with Gasteiger partial charge in [-0.15, -0.1) is 0 Å². The number of amides is 1. The molecule has 7 nitrogen and oxygen atoms in total. The average molecular weight is 548 g/mol. The topological polar surface area (TPSA) is 82.4 Å². The quantitative estimate of drug-likeness (QED) is 0.493. The van der Waals surface area contributed by atoms with Gasteiger partial charge in [0.25, 0.3) is 0 Å². The third kappa shape index (κ3) is 4.89. The van der Waals surface area contributed by atoms with Crippen molar-refractivity contribution in [2.24, 2.45) is 5.92 Å². The Labute approximate surface area is 212 Å². The Morgan fingerprint density at radius 2 is 2.03 bits per heavy atom. The molecule has 3 heterocycles. The van der Waals surface area contributed by atoms with Crippen LogP contribution in [0.5, 0.6) is 0 Å². The largest absolute Gasteiger partial charge is 0.360 e. The molecule has 2 atom stereocenters. The number of pyridine rings is 2. The number of piperazine rings is 1. The van der Waals surface area contributed by atoms with Gasteiger partial charge in [0.2, 0.25) is 5.91 Å². The molecule has 0 radical (unpaired) electrons. The van der Waals surface area contributed by atoms with Crippen LogP contribution in [0.4, 0.5) is 14.6 Å². The molecule has 2 unspecified atom stereocenters. The minimum absolute atomic E-state index is 0.00633. The molecule has 1 saturated heterocycles. The van der Waals surface area contributed by atoms with Crippen LogP contribution in [-0.4, -0.2) is 52.6 Å². The van der Waals surface area contributed by atoms with E-state index in [9.17, 15) is 13.6 Å². The highest BCUT2D eigenvalue weighted by molar-refractivity contribution is 9.10. The lowest BCUT2D eigenvalue weighted by Crippen LogP contribution is -2.61. The van der Waals surface area contributed by atoms with E-state index in [1.807, 2.05) is 13.0 Å². The number of hydrogen-bond donors (Lipinski definition) is 0. The molecule has 35 heavy (non-hydrogen) atoms. The number of anilines is 1. The first-order valence-corrected chi connectivity index (χ1v) is 12.5. The monoisotopic (exact) mass is 547 g/mol. The molecule has 0 bridgehead atoms. The van der Waals surface area contributed by atoms with Gasteiger partial charge in [-0.05, 0) is 60.2 Å². The molecule has 4 rings (SSSR count). The standard InChI is InChI=1S/C25H28BrF2N5O2/c1-15(2)19-13-32(12-16(3)33(19)20-6-5-17(9-29)10-30-20)21(34)14-35-25(7-4-8-25)22-18(27)11-31-24(26)23(22)28/h5-6,10-11,15-16,19H,4,7-8,12-14H2,1-3H3. The molecule has 2 fully saturated rings. The molecule has 1 amide bonds. The Morgan fingerprint density at radius 3 is 2.60 bits per heavy atom. The van der Waals surface area contributed by atoms with Gasteiger partial charge in [-0.25, -0.2) is 18.7 Å². The Morgan fingerprint density at radius 1 is 1.29 bits per heavy atom. The second-order valence-corrected chi connectivity index (χ2v) is 10.4. The van der Waals surface area contributed by atoms with Crippen molar-refractivity contribution in [1.29, 1.82) is 5.26 Å². The molecule has 1 aliphatic carbocycles. The van der Waals surface area contributed by atoms with Crippen molar-refractivity contribution >= 4 is 27.7 Å². The van der Waals surface area contributed by atoms with E-state index in [0.717, 1.165) is 18.4 Å². The number of rotatable bonds is 6. The number of carbonyl (C=O) groups excluding carboxylic acids is 1.